The van der Waals surface area contributed by atoms with E-state index in [2.05, 4.69) is 24.4 Å². The Hall–Kier alpha value is -2.14. The van der Waals surface area contributed by atoms with Gasteiger partial charge in [-0.3, -0.25) is 4.79 Å². The van der Waals surface area contributed by atoms with Crippen molar-refractivity contribution in [3.63, 3.8) is 0 Å². The highest BCUT2D eigenvalue weighted by molar-refractivity contribution is 7.16. The van der Waals surface area contributed by atoms with Crippen LogP contribution in [0, 0.1) is 0 Å². The van der Waals surface area contributed by atoms with Gasteiger partial charge in [0.25, 0.3) is 5.91 Å². The summed E-state index contributed by atoms with van der Waals surface area (Å²) in [6.45, 7) is 2.39. The first kappa shape index (κ1) is 17.3. The molecule has 1 aromatic carbocycles. The van der Waals surface area contributed by atoms with E-state index in [4.69, 9.17) is 4.74 Å². The minimum Gasteiger partial charge on any atom is -0.465 e. The van der Waals surface area contributed by atoms with Gasteiger partial charge in [0.05, 0.1) is 12.0 Å². The van der Waals surface area contributed by atoms with Crippen molar-refractivity contribution in [3.8, 4) is 0 Å². The van der Waals surface area contributed by atoms with Crippen LogP contribution in [-0.4, -0.2) is 19.0 Å². The number of hydrogen-bond donors (Lipinski definition) is 1. The summed E-state index contributed by atoms with van der Waals surface area (Å²) in [5.41, 5.74) is 5.51. The average molecular weight is 369 g/mol. The van der Waals surface area contributed by atoms with Gasteiger partial charge in [-0.25, -0.2) is 4.79 Å². The van der Waals surface area contributed by atoms with Crippen LogP contribution >= 0.6 is 11.3 Å². The molecule has 0 saturated heterocycles. The van der Waals surface area contributed by atoms with Crippen LogP contribution in [0.3, 0.4) is 0 Å². The van der Waals surface area contributed by atoms with Crippen LogP contribution in [0.5, 0.6) is 0 Å². The number of amides is 1. The summed E-state index contributed by atoms with van der Waals surface area (Å²) in [7, 11) is 1.34. The van der Waals surface area contributed by atoms with Crippen LogP contribution in [0.25, 0.3) is 0 Å². The van der Waals surface area contributed by atoms with Crippen molar-refractivity contribution in [1.82, 2.24) is 0 Å². The Morgan fingerprint density at radius 2 is 1.69 bits per heavy atom. The summed E-state index contributed by atoms with van der Waals surface area (Å²) in [4.78, 5) is 25.1. The van der Waals surface area contributed by atoms with Gasteiger partial charge in [0.1, 0.15) is 4.88 Å². The van der Waals surface area contributed by atoms with Crippen LogP contribution in [0.4, 0.5) is 5.69 Å². The molecule has 0 aliphatic heterocycles. The van der Waals surface area contributed by atoms with E-state index in [1.54, 1.807) is 12.1 Å². The summed E-state index contributed by atoms with van der Waals surface area (Å²) >= 11 is 1.16. The number of esters is 1. The largest absolute Gasteiger partial charge is 0.465 e. The first-order chi connectivity index (χ1) is 12.5. The SMILES string of the molecule is COC(=O)c1ccc(C(=O)Nc2cc3c4c(c2)CCCC4(C)CCC3)s1. The number of carbonyl (C=O) groups excluding carboxylic acids is 2. The molecule has 2 aromatic rings. The third-order valence-electron chi connectivity index (χ3n) is 5.73. The molecule has 136 valence electrons. The molecule has 0 atom stereocenters. The van der Waals surface area contributed by atoms with Gasteiger partial charge in [0.2, 0.25) is 0 Å². The minimum atomic E-state index is -0.411. The van der Waals surface area contributed by atoms with Crippen LogP contribution < -0.4 is 5.32 Å². The highest BCUT2D eigenvalue weighted by Gasteiger charge is 2.36. The lowest BCUT2D eigenvalue weighted by molar-refractivity contribution is 0.0606. The molecule has 0 radical (unpaired) electrons. The zero-order valence-electron chi connectivity index (χ0n) is 15.2. The molecule has 2 aliphatic carbocycles. The number of nitrogens with one attached hydrogen (secondary N) is 1. The number of benzene rings is 1. The van der Waals surface area contributed by atoms with E-state index in [1.807, 2.05) is 0 Å². The molecule has 0 spiro atoms. The van der Waals surface area contributed by atoms with Crippen molar-refractivity contribution < 1.29 is 14.3 Å². The number of anilines is 1. The molecule has 5 heteroatoms. The van der Waals surface area contributed by atoms with Crippen LogP contribution in [0.1, 0.15) is 68.6 Å². The maximum Gasteiger partial charge on any atom is 0.348 e. The van der Waals surface area contributed by atoms with Crippen LogP contribution in [0.15, 0.2) is 24.3 Å². The maximum absolute atomic E-state index is 12.6. The molecule has 0 unspecified atom stereocenters. The molecule has 4 nitrogen and oxygen atoms in total. The van der Waals surface area contributed by atoms with Gasteiger partial charge < -0.3 is 10.1 Å². The number of methoxy groups -OCH3 is 1. The smallest absolute Gasteiger partial charge is 0.348 e. The lowest BCUT2D eigenvalue weighted by Gasteiger charge is -2.41. The van der Waals surface area contributed by atoms with Crippen LogP contribution in [-0.2, 0) is 23.0 Å². The molecule has 2 aliphatic rings. The molecule has 0 bridgehead atoms. The Morgan fingerprint density at radius 1 is 1.08 bits per heavy atom. The van der Waals surface area contributed by atoms with E-state index in [0.717, 1.165) is 29.9 Å². The van der Waals surface area contributed by atoms with E-state index in [1.165, 1.54) is 49.5 Å². The van der Waals surface area contributed by atoms with E-state index in [0.29, 0.717) is 15.2 Å². The second-order valence-electron chi connectivity index (χ2n) is 7.55. The monoisotopic (exact) mass is 369 g/mol. The molecular weight excluding hydrogens is 346 g/mol. The molecule has 0 fully saturated rings. The fourth-order valence-electron chi connectivity index (χ4n) is 4.59. The predicted octanol–water partition coefficient (Wildman–Crippen LogP) is 4.72. The number of ether oxygens (including phenoxy) is 1. The van der Waals surface area contributed by atoms with Gasteiger partial charge >= 0.3 is 5.97 Å². The van der Waals surface area contributed by atoms with Crippen molar-refractivity contribution in [2.24, 2.45) is 0 Å². The Bertz CT molecular complexity index is 852. The summed E-state index contributed by atoms with van der Waals surface area (Å²) in [5.74, 6) is -0.585. The standard InChI is InChI=1S/C21H23NO3S/c1-21-9-3-5-13-11-15(12-14(18(13)21)6-4-10-21)22-19(23)16-7-8-17(26-16)20(24)25-2/h7-8,11-12H,3-6,9-10H2,1-2H3,(H,22,23). The van der Waals surface area contributed by atoms with Gasteiger partial charge in [-0.15, -0.1) is 11.3 Å². The Labute approximate surface area is 157 Å². The number of hydrogen-bond acceptors (Lipinski definition) is 4. The van der Waals surface area contributed by atoms with Gasteiger partial charge in [-0.1, -0.05) is 6.92 Å². The van der Waals surface area contributed by atoms with Crippen molar-refractivity contribution in [3.05, 3.63) is 50.7 Å². The zero-order chi connectivity index (χ0) is 18.3. The molecular formula is C21H23NO3S. The van der Waals surface area contributed by atoms with E-state index >= 15 is 0 Å². The third-order valence-corrected chi connectivity index (χ3v) is 6.79. The summed E-state index contributed by atoms with van der Waals surface area (Å²) in [6, 6.07) is 7.60. The van der Waals surface area contributed by atoms with Gasteiger partial charge in [-0.05, 0) is 84.9 Å². The number of aryl methyl sites for hydroxylation is 2. The van der Waals surface area contributed by atoms with Crippen molar-refractivity contribution in [2.45, 2.75) is 50.9 Å². The van der Waals surface area contributed by atoms with Gasteiger partial charge in [-0.2, -0.15) is 0 Å². The highest BCUT2D eigenvalue weighted by atomic mass is 32.1. The topological polar surface area (TPSA) is 55.4 Å². The second kappa shape index (κ2) is 6.54. The number of carbonyl (C=O) groups is 2. The first-order valence-corrected chi connectivity index (χ1v) is 9.97. The Balaban J connectivity index is 1.60. The Kier molecular flexibility index (Phi) is 4.35. The summed E-state index contributed by atoms with van der Waals surface area (Å²) < 4.78 is 4.71. The minimum absolute atomic E-state index is 0.174. The van der Waals surface area contributed by atoms with Crippen molar-refractivity contribution in [1.29, 1.82) is 0 Å². The highest BCUT2D eigenvalue weighted by Crippen LogP contribution is 2.46. The summed E-state index contributed by atoms with van der Waals surface area (Å²) in [6.07, 6.45) is 7.15. The molecule has 0 saturated carbocycles. The van der Waals surface area contributed by atoms with Gasteiger partial charge in [0.15, 0.2) is 0 Å². The van der Waals surface area contributed by atoms with E-state index in [-0.39, 0.29) is 5.91 Å². The fourth-order valence-corrected chi connectivity index (χ4v) is 5.40. The number of rotatable bonds is 3. The molecule has 26 heavy (non-hydrogen) atoms. The maximum atomic E-state index is 12.6. The molecule has 1 heterocycles. The Morgan fingerprint density at radius 3 is 2.31 bits per heavy atom. The average Bonchev–Trinajstić information content (AvgIpc) is 3.11. The van der Waals surface area contributed by atoms with E-state index in [9.17, 15) is 9.59 Å². The third kappa shape index (κ3) is 2.94. The van der Waals surface area contributed by atoms with Crippen molar-refractivity contribution >= 4 is 28.9 Å². The quantitative estimate of drug-likeness (QED) is 0.797. The second-order valence-corrected chi connectivity index (χ2v) is 8.63. The molecule has 1 amide bonds. The summed E-state index contributed by atoms with van der Waals surface area (Å²) in [5, 5.41) is 3.02. The zero-order valence-corrected chi connectivity index (χ0v) is 16.0. The number of thiophene rings is 1. The lowest BCUT2D eigenvalue weighted by atomic mass is 9.63. The van der Waals surface area contributed by atoms with Crippen LogP contribution in [0.2, 0.25) is 0 Å². The van der Waals surface area contributed by atoms with Crippen molar-refractivity contribution in [2.75, 3.05) is 12.4 Å². The predicted molar refractivity (Wildman–Crippen MR) is 103 cm³/mol. The normalized spacial score (nSPS) is 17.3. The fraction of sp³-hybridized carbons (Fsp3) is 0.429. The molecule has 4 rings (SSSR count). The lowest BCUT2D eigenvalue weighted by Crippen LogP contribution is -2.32. The first-order valence-electron chi connectivity index (χ1n) is 9.16. The molecule has 1 N–H and O–H groups in total. The van der Waals surface area contributed by atoms with E-state index < -0.39 is 5.97 Å². The molecule has 1 aromatic heterocycles. The van der Waals surface area contributed by atoms with Gasteiger partial charge in [0, 0.05) is 5.69 Å².